The van der Waals surface area contributed by atoms with E-state index in [9.17, 15) is 38.7 Å². The second-order valence-corrected chi connectivity index (χ2v) is 23.0. The van der Waals surface area contributed by atoms with Gasteiger partial charge in [-0.3, -0.25) is 28.8 Å². The molecule has 2 aromatic rings. The van der Waals surface area contributed by atoms with Gasteiger partial charge >= 0.3 is 5.97 Å². The van der Waals surface area contributed by atoms with Crippen LogP contribution in [0.3, 0.4) is 0 Å². The fraction of sp³-hybridized carbons (Fsp3) is 0.672. The van der Waals surface area contributed by atoms with Crippen LogP contribution in [0.1, 0.15) is 147 Å². The first-order valence-corrected chi connectivity index (χ1v) is 30.5. The first-order valence-electron chi connectivity index (χ1n) is 28.2. The molecule has 76 heavy (non-hydrogen) atoms. The van der Waals surface area contributed by atoms with Crippen molar-refractivity contribution in [3.63, 3.8) is 0 Å². The van der Waals surface area contributed by atoms with Crippen LogP contribution in [-0.4, -0.2) is 126 Å². The van der Waals surface area contributed by atoms with E-state index in [0.29, 0.717) is 57.2 Å². The molecule has 6 atom stereocenters. The standard InChI is InChI=1S/C58H90N6O10S2/c1-3-42(2)53(57(70)62-47(54(59)67)38-45-26-12-6-13-27-45)64-56(69)50(61-52(66)31-19-17-25-44-22-10-5-11-23-44)41-76-37-35-74-33-32-73-34-36-75-40-49(60-51(65)30-18-16-24-43-20-8-4-9-21-43)55(68)63-48(58(71)72)39-46-28-14-7-15-29-46/h6-7,12-15,26-29,42-44,47-50,53H,3-5,8-11,16-25,30-41H2,1-2H3,(H2,59,67)(H,60,65)(H,61,66)(H,62,70)(H,63,68)(H,64,69)(H,71,72)/t42-,47+,48+,49+,50+,53+/m1/s1. The summed E-state index contributed by atoms with van der Waals surface area (Å²) in [6, 6.07) is 13.4. The lowest BCUT2D eigenvalue weighted by Gasteiger charge is -2.28. The number of hydrogen-bond acceptors (Lipinski definition) is 11. The Morgan fingerprint density at radius 1 is 0.566 bits per heavy atom. The second-order valence-electron chi connectivity index (χ2n) is 20.7. The Balaban J connectivity index is 1.22. The average Bonchev–Trinajstić information content (AvgIpc) is 3.42. The molecule has 2 saturated carbocycles. The Kier molecular flexibility index (Phi) is 31.9. The number of carbonyl (C=O) groups is 7. The smallest absolute Gasteiger partial charge is 0.326 e. The highest BCUT2D eigenvalue weighted by Gasteiger charge is 2.33. The van der Waals surface area contributed by atoms with E-state index in [1.54, 1.807) is 0 Å². The molecule has 2 aliphatic rings. The molecule has 6 amide bonds. The average molecular weight is 1100 g/mol. The molecule has 0 bridgehead atoms. The summed E-state index contributed by atoms with van der Waals surface area (Å²) in [6.07, 6.45) is 19.8. The summed E-state index contributed by atoms with van der Waals surface area (Å²) in [5.41, 5.74) is 7.32. The Morgan fingerprint density at radius 3 is 1.43 bits per heavy atom. The van der Waals surface area contributed by atoms with E-state index >= 15 is 0 Å². The van der Waals surface area contributed by atoms with Crippen molar-refractivity contribution >= 4 is 64.9 Å². The number of thioether (sulfide) groups is 2. The van der Waals surface area contributed by atoms with Gasteiger partial charge < -0.3 is 46.9 Å². The van der Waals surface area contributed by atoms with E-state index in [-0.39, 0.29) is 42.1 Å². The minimum absolute atomic E-state index is 0.111. The van der Waals surface area contributed by atoms with Crippen molar-refractivity contribution in [2.45, 2.75) is 179 Å². The molecule has 2 fully saturated rings. The minimum atomic E-state index is -1.16. The third kappa shape index (κ3) is 26.6. The molecule has 0 spiro atoms. The van der Waals surface area contributed by atoms with Gasteiger partial charge in [0.25, 0.3) is 0 Å². The van der Waals surface area contributed by atoms with Gasteiger partial charge in [-0.2, -0.15) is 23.5 Å². The number of carboxylic acid groups (broad SMARTS) is 1. The van der Waals surface area contributed by atoms with Crippen molar-refractivity contribution in [3.05, 3.63) is 71.8 Å². The maximum Gasteiger partial charge on any atom is 0.326 e. The summed E-state index contributed by atoms with van der Waals surface area (Å²) >= 11 is 2.87. The number of unbranched alkanes of at least 4 members (excludes halogenated alkanes) is 2. The van der Waals surface area contributed by atoms with Gasteiger partial charge in [-0.1, -0.05) is 171 Å². The summed E-state index contributed by atoms with van der Waals surface area (Å²) in [5.74, 6) is -1.15. The van der Waals surface area contributed by atoms with Crippen LogP contribution in [0.25, 0.3) is 0 Å². The van der Waals surface area contributed by atoms with Gasteiger partial charge in [0.05, 0.1) is 26.4 Å². The molecular formula is C58H90N6O10S2. The predicted molar refractivity (Wildman–Crippen MR) is 303 cm³/mol. The Morgan fingerprint density at radius 2 is 1.00 bits per heavy atom. The first-order chi connectivity index (χ1) is 36.8. The topological polar surface area (TPSA) is 244 Å². The summed E-state index contributed by atoms with van der Waals surface area (Å²) in [7, 11) is 0. The maximum atomic E-state index is 14.0. The molecule has 8 N–H and O–H groups in total. The van der Waals surface area contributed by atoms with Crippen LogP contribution in [0.15, 0.2) is 60.7 Å². The Labute approximate surface area is 461 Å². The number of nitrogens with one attached hydrogen (secondary N) is 5. The van der Waals surface area contributed by atoms with Crippen LogP contribution in [0.5, 0.6) is 0 Å². The monoisotopic (exact) mass is 1090 g/mol. The molecular weight excluding hydrogens is 1000 g/mol. The number of benzene rings is 2. The number of primary amides is 1. The van der Waals surface area contributed by atoms with Gasteiger partial charge in [-0.25, -0.2) is 4.79 Å². The van der Waals surface area contributed by atoms with E-state index in [0.717, 1.165) is 61.5 Å². The minimum Gasteiger partial charge on any atom is -0.480 e. The molecule has 424 valence electrons. The van der Waals surface area contributed by atoms with Crippen molar-refractivity contribution in [1.82, 2.24) is 26.6 Å². The van der Waals surface area contributed by atoms with Gasteiger partial charge in [0.15, 0.2) is 0 Å². The number of rotatable bonds is 39. The normalized spacial score (nSPS) is 16.5. The second kappa shape index (κ2) is 38.0. The molecule has 16 nitrogen and oxygen atoms in total. The zero-order valence-electron chi connectivity index (χ0n) is 45.4. The number of amides is 6. The van der Waals surface area contributed by atoms with Crippen molar-refractivity contribution in [1.29, 1.82) is 0 Å². The molecule has 0 aliphatic heterocycles. The van der Waals surface area contributed by atoms with E-state index in [4.69, 9.17) is 15.2 Å². The molecule has 0 radical (unpaired) electrons. The number of carbonyl (C=O) groups excluding carboxylic acids is 6. The van der Waals surface area contributed by atoms with Crippen molar-refractivity contribution in [3.8, 4) is 0 Å². The molecule has 0 heterocycles. The van der Waals surface area contributed by atoms with E-state index in [2.05, 4.69) is 26.6 Å². The zero-order chi connectivity index (χ0) is 54.8. The van der Waals surface area contributed by atoms with Crippen molar-refractivity contribution in [2.24, 2.45) is 23.5 Å². The van der Waals surface area contributed by atoms with Crippen molar-refractivity contribution < 1.29 is 48.1 Å². The summed E-state index contributed by atoms with van der Waals surface area (Å²) in [5, 5.41) is 24.1. The maximum absolute atomic E-state index is 14.0. The number of aliphatic carboxylic acids is 1. The number of carboxylic acids is 1. The summed E-state index contributed by atoms with van der Waals surface area (Å²) < 4.78 is 11.6. The highest BCUT2D eigenvalue weighted by Crippen LogP contribution is 2.29. The zero-order valence-corrected chi connectivity index (χ0v) is 47.0. The highest BCUT2D eigenvalue weighted by molar-refractivity contribution is 7.99. The largest absolute Gasteiger partial charge is 0.480 e. The van der Waals surface area contributed by atoms with Gasteiger partial charge in [-0.05, 0) is 41.7 Å². The van der Waals surface area contributed by atoms with Crippen LogP contribution in [0.4, 0.5) is 0 Å². The first kappa shape index (κ1) is 63.9. The lowest BCUT2D eigenvalue weighted by molar-refractivity contribution is -0.142. The number of hydrogen-bond donors (Lipinski definition) is 7. The quantitative estimate of drug-likeness (QED) is 0.0327. The van der Waals surface area contributed by atoms with Crippen LogP contribution in [0, 0.1) is 17.8 Å². The van der Waals surface area contributed by atoms with Crippen LogP contribution in [0.2, 0.25) is 0 Å². The SMILES string of the molecule is CC[C@@H](C)[C@H](NC(=O)[C@H](CSCCOCCOCCSC[C@H](NC(=O)CCCCC1CCCCC1)C(=O)N[C@@H](Cc1ccccc1)C(=O)O)NC(=O)CCCCC1CCCCC1)C(=O)N[C@@H](Cc1ccccc1)C(N)=O. The number of ether oxygens (including phenoxy) is 2. The fourth-order valence-corrected chi connectivity index (χ4v) is 11.6. The van der Waals surface area contributed by atoms with E-state index in [1.165, 1.54) is 87.7 Å². The third-order valence-corrected chi connectivity index (χ3v) is 16.7. The van der Waals surface area contributed by atoms with Gasteiger partial charge in [0.2, 0.25) is 35.4 Å². The highest BCUT2D eigenvalue weighted by atomic mass is 32.2. The Hall–Kier alpha value is -4.65. The van der Waals surface area contributed by atoms with Gasteiger partial charge in [0.1, 0.15) is 30.2 Å². The van der Waals surface area contributed by atoms with Crippen LogP contribution < -0.4 is 32.3 Å². The lowest BCUT2D eigenvalue weighted by Crippen LogP contribution is -2.59. The molecule has 0 saturated heterocycles. The molecule has 18 heteroatoms. The third-order valence-electron chi connectivity index (χ3n) is 14.6. The fourth-order valence-electron chi connectivity index (χ4n) is 9.86. The van der Waals surface area contributed by atoms with Gasteiger partial charge in [-0.15, -0.1) is 0 Å². The predicted octanol–water partition coefficient (Wildman–Crippen LogP) is 7.29. The van der Waals surface area contributed by atoms with Crippen LogP contribution in [-0.2, 0) is 55.9 Å². The van der Waals surface area contributed by atoms with Crippen LogP contribution >= 0.6 is 23.5 Å². The molecule has 4 rings (SSSR count). The van der Waals surface area contributed by atoms with E-state index < -0.39 is 59.8 Å². The Bertz CT molecular complexity index is 2010. The molecule has 0 unspecified atom stereocenters. The van der Waals surface area contributed by atoms with Crippen molar-refractivity contribution in [2.75, 3.05) is 49.4 Å². The summed E-state index contributed by atoms with van der Waals surface area (Å²) in [4.78, 5) is 92.3. The molecule has 2 aromatic carbocycles. The number of nitrogens with two attached hydrogens (primary N) is 1. The lowest BCUT2D eigenvalue weighted by atomic mass is 9.85. The molecule has 2 aliphatic carbocycles. The van der Waals surface area contributed by atoms with E-state index in [1.807, 2.05) is 74.5 Å². The summed E-state index contributed by atoms with van der Waals surface area (Å²) in [6.45, 7) is 5.11. The molecule has 0 aromatic heterocycles. The van der Waals surface area contributed by atoms with Gasteiger partial charge in [0, 0.05) is 48.7 Å².